The van der Waals surface area contributed by atoms with Crippen molar-refractivity contribution < 1.29 is 13.2 Å². The maximum atomic E-state index is 13.5. The Balaban J connectivity index is 2.25. The molecule has 0 saturated carbocycles. The third-order valence-corrected chi connectivity index (χ3v) is 4.24. The second-order valence-corrected chi connectivity index (χ2v) is 6.47. The summed E-state index contributed by atoms with van der Waals surface area (Å²) in [6, 6.07) is 12.9. The summed E-state index contributed by atoms with van der Waals surface area (Å²) in [4.78, 5) is 25.1. The number of hydrogen-bond donors (Lipinski definition) is 0. The topological polar surface area (TPSA) is 44.0 Å². The van der Waals surface area contributed by atoms with Gasteiger partial charge < -0.3 is 0 Å². The molecule has 0 saturated heterocycles. The average Bonchev–Trinajstić information content (AvgIpc) is 2.58. The highest BCUT2D eigenvalue weighted by Crippen LogP contribution is 2.28. The molecule has 0 aliphatic rings. The monoisotopic (exact) mass is 394 g/mol. The molecule has 0 N–H and O–H groups in total. The van der Waals surface area contributed by atoms with E-state index in [9.17, 15) is 22.8 Å². The van der Waals surface area contributed by atoms with Crippen molar-refractivity contribution in [2.24, 2.45) is 0 Å². The first kappa shape index (κ1) is 19.0. The molecule has 2 aromatic carbocycles. The lowest BCUT2D eigenvalue weighted by molar-refractivity contribution is -0.144. The molecule has 27 heavy (non-hydrogen) atoms. The summed E-state index contributed by atoms with van der Waals surface area (Å²) in [7, 11) is 0. The summed E-state index contributed by atoms with van der Waals surface area (Å²) < 4.78 is 41.6. The zero-order chi connectivity index (χ0) is 19.8. The summed E-state index contributed by atoms with van der Waals surface area (Å²) in [6.07, 6.45) is -4.85. The quantitative estimate of drug-likeness (QED) is 0.673. The molecule has 0 bridgehead atoms. The van der Waals surface area contributed by atoms with Gasteiger partial charge in [-0.3, -0.25) is 9.36 Å². The molecular formula is C19H14ClF3N2O2. The van der Waals surface area contributed by atoms with E-state index < -0.39 is 23.1 Å². The molecule has 0 amide bonds. The fourth-order valence-electron chi connectivity index (χ4n) is 2.79. The lowest BCUT2D eigenvalue weighted by Gasteiger charge is -2.17. The van der Waals surface area contributed by atoms with Crippen LogP contribution in [0.15, 0.2) is 64.2 Å². The fraction of sp³-hybridized carbons (Fsp3) is 0.158. The van der Waals surface area contributed by atoms with Gasteiger partial charge in [-0.05, 0) is 36.8 Å². The van der Waals surface area contributed by atoms with Crippen LogP contribution in [0.5, 0.6) is 0 Å². The van der Waals surface area contributed by atoms with Crippen molar-refractivity contribution in [3.63, 3.8) is 0 Å². The molecule has 0 unspecified atom stereocenters. The number of halogens is 4. The average molecular weight is 395 g/mol. The minimum absolute atomic E-state index is 0.140. The summed E-state index contributed by atoms with van der Waals surface area (Å²) in [5, 5.41) is 0.374. The van der Waals surface area contributed by atoms with Crippen LogP contribution in [0.3, 0.4) is 0 Å². The van der Waals surface area contributed by atoms with Gasteiger partial charge in [-0.25, -0.2) is 9.36 Å². The minimum atomic E-state index is -4.85. The third kappa shape index (κ3) is 3.98. The van der Waals surface area contributed by atoms with Gasteiger partial charge in [-0.2, -0.15) is 13.2 Å². The first-order valence-electron chi connectivity index (χ1n) is 7.92. The fourth-order valence-corrected chi connectivity index (χ4v) is 2.91. The number of alkyl halides is 3. The zero-order valence-corrected chi connectivity index (χ0v) is 14.9. The molecule has 1 aromatic heterocycles. The van der Waals surface area contributed by atoms with E-state index in [1.165, 1.54) is 24.3 Å². The van der Waals surface area contributed by atoms with Crippen LogP contribution in [0, 0.1) is 6.92 Å². The standard InChI is InChI=1S/C19H14ClF3N2O2/c1-12-3-2-4-13(9-12)11-24-16(19(21,22)23)10-17(26)25(18(24)27)15-7-5-14(20)6-8-15/h2-10H,11H2,1H3. The second-order valence-electron chi connectivity index (χ2n) is 6.04. The SMILES string of the molecule is Cc1cccc(Cn2c(C(F)(F)F)cc(=O)n(-c3ccc(Cl)cc3)c2=O)c1. The van der Waals surface area contributed by atoms with Crippen LogP contribution in [0.25, 0.3) is 5.69 Å². The smallest absolute Gasteiger partial charge is 0.284 e. The van der Waals surface area contributed by atoms with Crippen molar-refractivity contribution >= 4 is 11.6 Å². The van der Waals surface area contributed by atoms with Gasteiger partial charge in [0.2, 0.25) is 0 Å². The lowest BCUT2D eigenvalue weighted by Crippen LogP contribution is -2.42. The Bertz CT molecular complexity index is 1100. The summed E-state index contributed by atoms with van der Waals surface area (Å²) in [6.45, 7) is 1.48. The molecule has 0 radical (unpaired) electrons. The number of nitrogens with zero attached hydrogens (tertiary/aromatic N) is 2. The Morgan fingerprint density at radius 3 is 2.26 bits per heavy atom. The normalized spacial score (nSPS) is 11.6. The van der Waals surface area contributed by atoms with E-state index in [0.717, 1.165) is 5.56 Å². The lowest BCUT2D eigenvalue weighted by atomic mass is 10.1. The van der Waals surface area contributed by atoms with Crippen LogP contribution in [-0.4, -0.2) is 9.13 Å². The van der Waals surface area contributed by atoms with Crippen LogP contribution in [0.2, 0.25) is 5.02 Å². The Morgan fingerprint density at radius 2 is 1.67 bits per heavy atom. The van der Waals surface area contributed by atoms with Gasteiger partial charge in [0.1, 0.15) is 5.69 Å². The first-order valence-corrected chi connectivity index (χ1v) is 8.30. The molecule has 0 spiro atoms. The third-order valence-electron chi connectivity index (χ3n) is 3.99. The van der Waals surface area contributed by atoms with Gasteiger partial charge >= 0.3 is 11.9 Å². The number of benzene rings is 2. The Hall–Kier alpha value is -2.80. The predicted octanol–water partition coefficient (Wildman–Crippen LogP) is 4.03. The van der Waals surface area contributed by atoms with Gasteiger partial charge in [0.15, 0.2) is 0 Å². The summed E-state index contributed by atoms with van der Waals surface area (Å²) >= 11 is 5.80. The molecular weight excluding hydrogens is 381 g/mol. The Morgan fingerprint density at radius 1 is 1.00 bits per heavy atom. The van der Waals surface area contributed by atoms with Crippen molar-refractivity contribution in [2.45, 2.75) is 19.6 Å². The molecule has 3 rings (SSSR count). The van der Waals surface area contributed by atoms with E-state index in [4.69, 9.17) is 11.6 Å². The van der Waals surface area contributed by atoms with E-state index in [2.05, 4.69) is 0 Å². The van der Waals surface area contributed by atoms with Crippen molar-refractivity contribution in [3.05, 3.63) is 97.3 Å². The van der Waals surface area contributed by atoms with Gasteiger partial charge in [0.05, 0.1) is 12.2 Å². The van der Waals surface area contributed by atoms with Gasteiger partial charge in [0, 0.05) is 11.1 Å². The molecule has 0 atom stereocenters. The number of hydrogen-bond acceptors (Lipinski definition) is 2. The van der Waals surface area contributed by atoms with Gasteiger partial charge in [-0.1, -0.05) is 41.4 Å². The van der Waals surface area contributed by atoms with Crippen molar-refractivity contribution in [2.75, 3.05) is 0 Å². The summed E-state index contributed by atoms with van der Waals surface area (Å²) in [5.74, 6) is 0. The number of rotatable bonds is 3. The van der Waals surface area contributed by atoms with E-state index >= 15 is 0 Å². The molecule has 140 valence electrons. The van der Waals surface area contributed by atoms with Crippen LogP contribution < -0.4 is 11.2 Å². The van der Waals surface area contributed by atoms with E-state index in [1.54, 1.807) is 31.2 Å². The highest BCUT2D eigenvalue weighted by Gasteiger charge is 2.36. The molecule has 1 heterocycles. The Kier molecular flexibility index (Phi) is 4.97. The second kappa shape index (κ2) is 7.08. The minimum Gasteiger partial charge on any atom is -0.284 e. The van der Waals surface area contributed by atoms with Crippen LogP contribution in [0.1, 0.15) is 16.8 Å². The van der Waals surface area contributed by atoms with Crippen LogP contribution in [0.4, 0.5) is 13.2 Å². The largest absolute Gasteiger partial charge is 0.431 e. The molecule has 4 nitrogen and oxygen atoms in total. The molecule has 0 fully saturated rings. The van der Waals surface area contributed by atoms with E-state index in [0.29, 0.717) is 25.8 Å². The van der Waals surface area contributed by atoms with Crippen LogP contribution >= 0.6 is 11.6 Å². The van der Waals surface area contributed by atoms with E-state index in [1.807, 2.05) is 0 Å². The van der Waals surface area contributed by atoms with Gasteiger partial charge in [0.25, 0.3) is 5.56 Å². The molecule has 8 heteroatoms. The maximum Gasteiger partial charge on any atom is 0.431 e. The van der Waals surface area contributed by atoms with Crippen molar-refractivity contribution in [1.82, 2.24) is 9.13 Å². The van der Waals surface area contributed by atoms with Gasteiger partial charge in [-0.15, -0.1) is 0 Å². The first-order chi connectivity index (χ1) is 12.7. The van der Waals surface area contributed by atoms with Crippen molar-refractivity contribution in [1.29, 1.82) is 0 Å². The van der Waals surface area contributed by atoms with Crippen LogP contribution in [-0.2, 0) is 12.7 Å². The molecule has 0 aliphatic heterocycles. The highest BCUT2D eigenvalue weighted by molar-refractivity contribution is 6.30. The highest BCUT2D eigenvalue weighted by atomic mass is 35.5. The van der Waals surface area contributed by atoms with Crippen molar-refractivity contribution in [3.8, 4) is 5.69 Å². The Labute approximate surface area is 157 Å². The number of aryl methyl sites for hydroxylation is 1. The maximum absolute atomic E-state index is 13.5. The molecule has 3 aromatic rings. The van der Waals surface area contributed by atoms with E-state index in [-0.39, 0.29) is 12.2 Å². The zero-order valence-electron chi connectivity index (χ0n) is 14.1. The number of aromatic nitrogens is 2. The predicted molar refractivity (Wildman–Crippen MR) is 96.6 cm³/mol. The summed E-state index contributed by atoms with van der Waals surface area (Å²) in [5.41, 5.74) is -1.91. The molecule has 0 aliphatic carbocycles.